The molecule has 1 aromatic rings. The van der Waals surface area contributed by atoms with E-state index in [1.54, 1.807) is 0 Å². The summed E-state index contributed by atoms with van der Waals surface area (Å²) in [6, 6.07) is 2.26. The summed E-state index contributed by atoms with van der Waals surface area (Å²) in [4.78, 5) is 0. The van der Waals surface area contributed by atoms with Gasteiger partial charge in [-0.2, -0.15) is 13.2 Å². The van der Waals surface area contributed by atoms with E-state index in [0.717, 1.165) is 10.6 Å². The largest absolute Gasteiger partial charge is 0.503 e. The van der Waals surface area contributed by atoms with Crippen molar-refractivity contribution in [2.24, 2.45) is 7.05 Å². The summed E-state index contributed by atoms with van der Waals surface area (Å²) >= 11 is 0. The molecule has 80 valence electrons. The Kier molecular flexibility index (Phi) is 2.39. The Bertz CT molecular complexity index is 444. The normalized spacial score (nSPS) is 13.2. The van der Waals surface area contributed by atoms with Gasteiger partial charge in [-0.25, -0.2) is 8.42 Å². The molecular weight excluding hydrogens is 219 g/mol. The number of aryl methyl sites for hydroxylation is 1. The maximum Gasteiger partial charge on any atom is 0.503 e. The summed E-state index contributed by atoms with van der Waals surface area (Å²) in [7, 11) is -3.95. The van der Waals surface area contributed by atoms with Gasteiger partial charge in [0.15, 0.2) is 0 Å². The average Bonchev–Trinajstić information content (AvgIpc) is 2.30. The molecule has 1 rings (SSSR count). The van der Waals surface area contributed by atoms with E-state index in [2.05, 4.69) is 0 Å². The van der Waals surface area contributed by atoms with E-state index in [1.807, 2.05) is 0 Å². The van der Waals surface area contributed by atoms with Crippen LogP contribution in [0.3, 0.4) is 0 Å². The fraction of sp³-hybridized carbons (Fsp3) is 0.429. The van der Waals surface area contributed by atoms with Gasteiger partial charge in [0, 0.05) is 12.7 Å². The molecule has 0 aliphatic heterocycles. The summed E-state index contributed by atoms with van der Waals surface area (Å²) in [6.45, 7) is 1.52. The number of hydrogen-bond donors (Lipinski definition) is 0. The molecule has 1 aromatic heterocycles. The SMILES string of the molecule is Cc1ccc(S(=O)(=O)C(F)(F)F)n1C. The third-order valence-corrected chi connectivity index (χ3v) is 3.48. The Morgan fingerprint density at radius 2 is 1.79 bits per heavy atom. The molecule has 0 atom stereocenters. The lowest BCUT2D eigenvalue weighted by atomic mass is 10.5. The molecule has 14 heavy (non-hydrogen) atoms. The van der Waals surface area contributed by atoms with Gasteiger partial charge in [0.2, 0.25) is 0 Å². The van der Waals surface area contributed by atoms with Crippen LogP contribution >= 0.6 is 0 Å². The topological polar surface area (TPSA) is 39.1 Å². The predicted octanol–water partition coefficient (Wildman–Crippen LogP) is 1.63. The number of sulfone groups is 1. The van der Waals surface area contributed by atoms with E-state index in [0.29, 0.717) is 5.69 Å². The molecule has 0 fully saturated rings. The van der Waals surface area contributed by atoms with Crippen LogP contribution in [0.2, 0.25) is 0 Å². The van der Waals surface area contributed by atoms with E-state index in [9.17, 15) is 21.6 Å². The molecule has 3 nitrogen and oxygen atoms in total. The second-order valence-electron chi connectivity index (χ2n) is 2.82. The zero-order chi connectivity index (χ0) is 11.1. The van der Waals surface area contributed by atoms with E-state index in [1.165, 1.54) is 20.0 Å². The van der Waals surface area contributed by atoms with Crippen LogP contribution in [0, 0.1) is 6.92 Å². The Labute approximate surface area is 79.1 Å². The molecule has 0 unspecified atom stereocenters. The molecule has 0 saturated heterocycles. The zero-order valence-electron chi connectivity index (χ0n) is 7.46. The summed E-state index contributed by atoms with van der Waals surface area (Å²) in [5.41, 5.74) is -4.79. The lowest BCUT2D eigenvalue weighted by Gasteiger charge is -2.09. The average molecular weight is 227 g/mol. The molecule has 0 saturated carbocycles. The van der Waals surface area contributed by atoms with Crippen LogP contribution in [0.15, 0.2) is 17.2 Å². The third kappa shape index (κ3) is 1.52. The first-order valence-corrected chi connectivity index (χ1v) is 5.10. The number of halogens is 3. The molecule has 0 aromatic carbocycles. The Balaban J connectivity index is 3.39. The van der Waals surface area contributed by atoms with E-state index in [4.69, 9.17) is 0 Å². The van der Waals surface area contributed by atoms with E-state index < -0.39 is 20.4 Å². The van der Waals surface area contributed by atoms with Crippen molar-refractivity contribution in [1.82, 2.24) is 4.57 Å². The predicted molar refractivity (Wildman–Crippen MR) is 43.4 cm³/mol. The van der Waals surface area contributed by atoms with Gasteiger partial charge < -0.3 is 4.57 Å². The molecular formula is C7H8F3NO2S. The van der Waals surface area contributed by atoms with Gasteiger partial charge in [-0.05, 0) is 19.1 Å². The Morgan fingerprint density at radius 3 is 2.07 bits per heavy atom. The molecule has 0 N–H and O–H groups in total. The van der Waals surface area contributed by atoms with E-state index in [-0.39, 0.29) is 0 Å². The van der Waals surface area contributed by atoms with Crippen LogP contribution in [0.1, 0.15) is 5.69 Å². The number of hydrogen-bond acceptors (Lipinski definition) is 2. The van der Waals surface area contributed by atoms with Crippen molar-refractivity contribution in [1.29, 1.82) is 0 Å². The lowest BCUT2D eigenvalue weighted by Crippen LogP contribution is -2.25. The van der Waals surface area contributed by atoms with Crippen molar-refractivity contribution < 1.29 is 21.6 Å². The number of nitrogens with zero attached hydrogens (tertiary/aromatic N) is 1. The maximum absolute atomic E-state index is 12.1. The molecule has 0 radical (unpaired) electrons. The highest BCUT2D eigenvalue weighted by Gasteiger charge is 2.48. The summed E-state index contributed by atoms with van der Waals surface area (Å²) in [6.07, 6.45) is 0. The highest BCUT2D eigenvalue weighted by atomic mass is 32.2. The van der Waals surface area contributed by atoms with Gasteiger partial charge >= 0.3 is 5.51 Å². The van der Waals surface area contributed by atoms with Crippen molar-refractivity contribution in [3.8, 4) is 0 Å². The summed E-state index contributed by atoms with van der Waals surface area (Å²) < 4.78 is 59.2. The summed E-state index contributed by atoms with van der Waals surface area (Å²) in [5.74, 6) is 0. The van der Waals surface area contributed by atoms with Crippen molar-refractivity contribution in [3.05, 3.63) is 17.8 Å². The fourth-order valence-electron chi connectivity index (χ4n) is 0.978. The van der Waals surface area contributed by atoms with Gasteiger partial charge in [-0.15, -0.1) is 0 Å². The van der Waals surface area contributed by atoms with Gasteiger partial charge in [0.25, 0.3) is 9.84 Å². The summed E-state index contributed by atoms with van der Waals surface area (Å²) in [5, 5.41) is -0.734. The van der Waals surface area contributed by atoms with Crippen LogP contribution in [-0.2, 0) is 16.9 Å². The first-order chi connectivity index (χ1) is 6.18. The van der Waals surface area contributed by atoms with Crippen LogP contribution in [-0.4, -0.2) is 18.5 Å². The smallest absolute Gasteiger partial charge is 0.339 e. The molecule has 0 aliphatic rings. The first kappa shape index (κ1) is 11.1. The van der Waals surface area contributed by atoms with Crippen molar-refractivity contribution in [2.45, 2.75) is 17.5 Å². The van der Waals surface area contributed by atoms with Crippen molar-refractivity contribution >= 4 is 9.84 Å². The zero-order valence-corrected chi connectivity index (χ0v) is 8.28. The Hall–Kier alpha value is -0.980. The third-order valence-electron chi connectivity index (χ3n) is 1.91. The lowest BCUT2D eigenvalue weighted by molar-refractivity contribution is -0.0439. The van der Waals surface area contributed by atoms with Gasteiger partial charge in [0.1, 0.15) is 5.03 Å². The Morgan fingerprint density at radius 1 is 1.29 bits per heavy atom. The van der Waals surface area contributed by atoms with Gasteiger partial charge in [-0.3, -0.25) is 0 Å². The van der Waals surface area contributed by atoms with Crippen LogP contribution < -0.4 is 0 Å². The molecule has 1 heterocycles. The van der Waals surface area contributed by atoms with Crippen LogP contribution in [0.4, 0.5) is 13.2 Å². The van der Waals surface area contributed by atoms with Crippen molar-refractivity contribution in [2.75, 3.05) is 0 Å². The molecule has 7 heteroatoms. The van der Waals surface area contributed by atoms with Crippen LogP contribution in [0.5, 0.6) is 0 Å². The maximum atomic E-state index is 12.1. The standard InChI is InChI=1S/C7H8F3NO2S/c1-5-3-4-6(11(5)2)14(12,13)7(8,9)10/h3-4H,1-2H3. The first-order valence-electron chi connectivity index (χ1n) is 3.61. The monoisotopic (exact) mass is 227 g/mol. The van der Waals surface area contributed by atoms with Crippen LogP contribution in [0.25, 0.3) is 0 Å². The minimum atomic E-state index is -5.24. The highest BCUT2D eigenvalue weighted by molar-refractivity contribution is 7.92. The molecule has 0 amide bonds. The molecule has 0 aliphatic carbocycles. The van der Waals surface area contributed by atoms with Gasteiger partial charge in [0.05, 0.1) is 0 Å². The quantitative estimate of drug-likeness (QED) is 0.731. The number of rotatable bonds is 1. The second-order valence-corrected chi connectivity index (χ2v) is 4.71. The highest BCUT2D eigenvalue weighted by Crippen LogP contribution is 2.30. The minimum Gasteiger partial charge on any atom is -0.339 e. The van der Waals surface area contributed by atoms with Gasteiger partial charge in [-0.1, -0.05) is 0 Å². The fourth-order valence-corrected chi connectivity index (χ4v) is 1.97. The minimum absolute atomic E-state index is 0.452. The van der Waals surface area contributed by atoms with E-state index >= 15 is 0 Å². The van der Waals surface area contributed by atoms with Crippen molar-refractivity contribution in [3.63, 3.8) is 0 Å². The number of aromatic nitrogens is 1. The molecule has 0 spiro atoms. The second kappa shape index (κ2) is 3.01. The number of alkyl halides is 3. The molecule has 0 bridgehead atoms.